The van der Waals surface area contributed by atoms with Gasteiger partial charge < -0.3 is 5.32 Å². The van der Waals surface area contributed by atoms with Gasteiger partial charge >= 0.3 is 0 Å². The molecule has 0 amide bonds. The lowest BCUT2D eigenvalue weighted by atomic mass is 9.95. The molecule has 1 aromatic carbocycles. The van der Waals surface area contributed by atoms with E-state index in [0.717, 1.165) is 5.56 Å². The third-order valence-electron chi connectivity index (χ3n) is 3.60. The lowest BCUT2D eigenvalue weighted by molar-refractivity contribution is 0.413. The van der Waals surface area contributed by atoms with Crippen molar-refractivity contribution >= 4 is 9.84 Å². The minimum Gasteiger partial charge on any atom is -0.312 e. The van der Waals surface area contributed by atoms with Crippen LogP contribution in [0.2, 0.25) is 0 Å². The van der Waals surface area contributed by atoms with Gasteiger partial charge in [0.05, 0.1) is 4.75 Å². The van der Waals surface area contributed by atoms with E-state index in [1.54, 1.807) is 26.0 Å². The van der Waals surface area contributed by atoms with E-state index in [-0.39, 0.29) is 11.9 Å². The summed E-state index contributed by atoms with van der Waals surface area (Å²) < 4.78 is 35.8. The monoisotopic (exact) mass is 287 g/mol. The van der Waals surface area contributed by atoms with Crippen LogP contribution in [-0.2, 0) is 16.3 Å². The highest BCUT2D eigenvalue weighted by atomic mass is 32.2. The first-order chi connectivity index (χ1) is 8.68. The van der Waals surface area contributed by atoms with Crippen LogP contribution in [-0.4, -0.2) is 32.0 Å². The Hall–Kier alpha value is -0.940. The van der Waals surface area contributed by atoms with E-state index in [2.05, 4.69) is 5.32 Å². The molecule has 0 fully saturated rings. The minimum absolute atomic E-state index is 0.210. The second kappa shape index (κ2) is 6.01. The molecule has 19 heavy (non-hydrogen) atoms. The zero-order chi connectivity index (χ0) is 14.7. The molecule has 5 heteroatoms. The van der Waals surface area contributed by atoms with Gasteiger partial charge in [-0.25, -0.2) is 12.8 Å². The normalized spacial score (nSPS) is 14.4. The van der Waals surface area contributed by atoms with Crippen LogP contribution in [0.3, 0.4) is 0 Å². The fraction of sp³-hybridized carbons (Fsp3) is 0.571. The van der Waals surface area contributed by atoms with E-state index in [0.29, 0.717) is 13.0 Å². The average molecular weight is 287 g/mol. The summed E-state index contributed by atoms with van der Waals surface area (Å²) in [6.07, 6.45) is 1.80. The average Bonchev–Trinajstić information content (AvgIpc) is 2.30. The van der Waals surface area contributed by atoms with Crippen LogP contribution >= 0.6 is 0 Å². The van der Waals surface area contributed by atoms with Crippen LogP contribution in [0, 0.1) is 5.82 Å². The van der Waals surface area contributed by atoms with Crippen molar-refractivity contribution in [2.75, 3.05) is 12.8 Å². The van der Waals surface area contributed by atoms with Gasteiger partial charge in [-0.1, -0.05) is 19.1 Å². The molecule has 0 aromatic heterocycles. The lowest BCUT2D eigenvalue weighted by Crippen LogP contribution is -2.52. The molecule has 0 aliphatic carbocycles. The van der Waals surface area contributed by atoms with E-state index in [1.165, 1.54) is 18.4 Å². The molecule has 1 unspecified atom stereocenters. The van der Waals surface area contributed by atoms with Crippen molar-refractivity contribution < 1.29 is 12.8 Å². The van der Waals surface area contributed by atoms with Crippen molar-refractivity contribution in [3.05, 3.63) is 35.6 Å². The predicted octanol–water partition coefficient (Wildman–Crippen LogP) is 2.17. The minimum atomic E-state index is -3.19. The lowest BCUT2D eigenvalue weighted by Gasteiger charge is -2.33. The molecule has 1 rings (SSSR count). The third-order valence-corrected chi connectivity index (χ3v) is 5.79. The van der Waals surface area contributed by atoms with Crippen molar-refractivity contribution in [1.82, 2.24) is 5.32 Å². The molecule has 1 atom stereocenters. The van der Waals surface area contributed by atoms with Gasteiger partial charge in [0.2, 0.25) is 0 Å². The summed E-state index contributed by atoms with van der Waals surface area (Å²) in [5.74, 6) is -0.286. The third kappa shape index (κ3) is 4.01. The van der Waals surface area contributed by atoms with Gasteiger partial charge in [0, 0.05) is 12.3 Å². The second-order valence-corrected chi connectivity index (χ2v) is 7.91. The largest absolute Gasteiger partial charge is 0.312 e. The van der Waals surface area contributed by atoms with E-state index in [9.17, 15) is 12.8 Å². The highest BCUT2D eigenvalue weighted by molar-refractivity contribution is 7.92. The van der Waals surface area contributed by atoms with Crippen LogP contribution in [0.25, 0.3) is 0 Å². The molecule has 0 heterocycles. The quantitative estimate of drug-likeness (QED) is 0.872. The van der Waals surface area contributed by atoms with E-state index >= 15 is 0 Å². The Morgan fingerprint density at radius 2 is 1.79 bits per heavy atom. The molecule has 108 valence electrons. The van der Waals surface area contributed by atoms with Gasteiger partial charge in [-0.2, -0.15) is 0 Å². The van der Waals surface area contributed by atoms with Crippen LogP contribution in [0.1, 0.15) is 26.3 Å². The van der Waals surface area contributed by atoms with E-state index in [4.69, 9.17) is 0 Å². The maximum atomic E-state index is 12.9. The molecule has 1 N–H and O–H groups in total. The number of sulfone groups is 1. The Balaban J connectivity index is 2.99. The Labute approximate surface area is 115 Å². The molecule has 0 radical (unpaired) electrons. The standard InChI is InChI=1S/C14H22FNO2S/c1-5-16-13(14(2,3)19(4,17)18)10-11-6-8-12(15)9-7-11/h6-9,13,16H,5,10H2,1-4H3. The summed E-state index contributed by atoms with van der Waals surface area (Å²) in [5.41, 5.74) is 0.920. The van der Waals surface area contributed by atoms with Gasteiger partial charge in [0.15, 0.2) is 9.84 Å². The van der Waals surface area contributed by atoms with E-state index in [1.807, 2.05) is 6.92 Å². The first kappa shape index (κ1) is 16.1. The smallest absolute Gasteiger partial charge is 0.154 e. The van der Waals surface area contributed by atoms with Gasteiger partial charge in [-0.05, 0) is 44.5 Å². The molecule has 3 nitrogen and oxygen atoms in total. The van der Waals surface area contributed by atoms with Crippen molar-refractivity contribution in [3.8, 4) is 0 Å². The molecule has 0 aliphatic rings. The maximum absolute atomic E-state index is 12.9. The Morgan fingerprint density at radius 1 is 1.26 bits per heavy atom. The Kier molecular flexibility index (Phi) is 5.10. The van der Waals surface area contributed by atoms with Crippen molar-refractivity contribution in [3.63, 3.8) is 0 Å². The number of halogens is 1. The van der Waals surface area contributed by atoms with Crippen molar-refractivity contribution in [1.29, 1.82) is 0 Å². The second-order valence-electron chi connectivity index (χ2n) is 5.32. The fourth-order valence-corrected chi connectivity index (χ4v) is 2.61. The summed E-state index contributed by atoms with van der Waals surface area (Å²) in [6, 6.07) is 5.96. The topological polar surface area (TPSA) is 46.2 Å². The number of benzene rings is 1. The van der Waals surface area contributed by atoms with Crippen LogP contribution < -0.4 is 5.32 Å². The molecule has 0 bridgehead atoms. The number of hydrogen-bond donors (Lipinski definition) is 1. The predicted molar refractivity (Wildman–Crippen MR) is 76.5 cm³/mol. The molecular formula is C14H22FNO2S. The number of rotatable bonds is 6. The van der Waals surface area contributed by atoms with Gasteiger partial charge in [0.25, 0.3) is 0 Å². The SMILES string of the molecule is CCNC(Cc1ccc(F)cc1)C(C)(C)S(C)(=O)=O. The van der Waals surface area contributed by atoms with Crippen LogP contribution in [0.5, 0.6) is 0 Å². The highest BCUT2D eigenvalue weighted by Gasteiger charge is 2.38. The van der Waals surface area contributed by atoms with Crippen LogP contribution in [0.15, 0.2) is 24.3 Å². The Morgan fingerprint density at radius 3 is 2.21 bits per heavy atom. The van der Waals surface area contributed by atoms with E-state index < -0.39 is 14.6 Å². The zero-order valence-corrected chi connectivity index (χ0v) is 12.7. The summed E-state index contributed by atoms with van der Waals surface area (Å²) in [5, 5.41) is 3.22. The number of hydrogen-bond acceptors (Lipinski definition) is 3. The van der Waals surface area contributed by atoms with Crippen LogP contribution in [0.4, 0.5) is 4.39 Å². The van der Waals surface area contributed by atoms with Gasteiger partial charge in [-0.3, -0.25) is 0 Å². The molecule has 0 spiro atoms. The first-order valence-electron chi connectivity index (χ1n) is 6.36. The first-order valence-corrected chi connectivity index (χ1v) is 8.25. The Bertz CT molecular complexity index is 509. The number of nitrogens with one attached hydrogen (secondary N) is 1. The zero-order valence-electron chi connectivity index (χ0n) is 11.9. The molecule has 0 aliphatic heterocycles. The summed E-state index contributed by atoms with van der Waals surface area (Å²) >= 11 is 0. The van der Waals surface area contributed by atoms with Crippen molar-refractivity contribution in [2.24, 2.45) is 0 Å². The molecule has 1 aromatic rings. The fourth-order valence-electron chi connectivity index (χ4n) is 1.92. The summed E-state index contributed by atoms with van der Waals surface area (Å²) in [4.78, 5) is 0. The maximum Gasteiger partial charge on any atom is 0.154 e. The molecule has 0 saturated heterocycles. The molecular weight excluding hydrogens is 265 g/mol. The summed E-state index contributed by atoms with van der Waals surface area (Å²) in [7, 11) is -3.19. The van der Waals surface area contributed by atoms with Gasteiger partial charge in [-0.15, -0.1) is 0 Å². The van der Waals surface area contributed by atoms with Gasteiger partial charge in [0.1, 0.15) is 5.82 Å². The highest BCUT2D eigenvalue weighted by Crippen LogP contribution is 2.23. The molecule has 0 saturated carbocycles. The van der Waals surface area contributed by atoms with Crippen molar-refractivity contribution in [2.45, 2.75) is 38.0 Å². The number of likely N-dealkylation sites (N-methyl/N-ethyl adjacent to an activating group) is 1. The summed E-state index contributed by atoms with van der Waals surface area (Å²) in [6.45, 7) is 6.07.